The number of aryl methyl sites for hydroxylation is 1. The van der Waals surface area contributed by atoms with Gasteiger partial charge in [0.2, 0.25) is 5.91 Å². The van der Waals surface area contributed by atoms with Crippen LogP contribution in [-0.2, 0) is 24.8 Å². The van der Waals surface area contributed by atoms with Crippen LogP contribution in [0, 0.1) is 12.8 Å². The van der Waals surface area contributed by atoms with Crippen LogP contribution in [0.5, 0.6) is 0 Å². The fraction of sp³-hybridized carbons (Fsp3) is 0.261. The Morgan fingerprint density at radius 1 is 1.00 bits per heavy atom. The van der Waals surface area contributed by atoms with Crippen molar-refractivity contribution in [1.82, 2.24) is 4.31 Å². The van der Waals surface area contributed by atoms with E-state index in [2.05, 4.69) is 10.0 Å². The van der Waals surface area contributed by atoms with Crippen LogP contribution in [0.3, 0.4) is 0 Å². The molecule has 1 atom stereocenters. The van der Waals surface area contributed by atoms with Crippen LogP contribution in [0.4, 0.5) is 11.4 Å². The number of rotatable bonds is 7. The normalized spacial score (nSPS) is 17.3. The van der Waals surface area contributed by atoms with E-state index >= 15 is 0 Å². The number of thiophene rings is 1. The highest BCUT2D eigenvalue weighted by atomic mass is 32.2. The highest BCUT2D eigenvalue weighted by Gasteiger charge is 2.33. The molecule has 3 aromatic rings. The molecule has 1 amide bonds. The summed E-state index contributed by atoms with van der Waals surface area (Å²) in [5, 5.41) is 4.49. The first-order valence-corrected chi connectivity index (χ1v) is 14.5. The van der Waals surface area contributed by atoms with Crippen molar-refractivity contribution < 1.29 is 21.6 Å². The maximum absolute atomic E-state index is 12.8. The number of carbonyl (C=O) groups excluding carboxylic acids is 1. The lowest BCUT2D eigenvalue weighted by Crippen LogP contribution is -2.43. The van der Waals surface area contributed by atoms with Gasteiger partial charge in [-0.15, -0.1) is 11.3 Å². The van der Waals surface area contributed by atoms with E-state index in [4.69, 9.17) is 0 Å². The number of nitrogens with zero attached hydrogens (tertiary/aromatic N) is 1. The van der Waals surface area contributed by atoms with Crippen LogP contribution in [0.15, 0.2) is 75.1 Å². The second-order valence-electron chi connectivity index (χ2n) is 8.07. The number of benzene rings is 2. The van der Waals surface area contributed by atoms with Crippen LogP contribution in [0.25, 0.3) is 0 Å². The molecule has 0 saturated carbocycles. The summed E-state index contributed by atoms with van der Waals surface area (Å²) in [6.07, 6.45) is 1.17. The number of sulfonamides is 2. The third-order valence-electron chi connectivity index (χ3n) is 5.67. The predicted molar refractivity (Wildman–Crippen MR) is 133 cm³/mol. The van der Waals surface area contributed by atoms with Crippen molar-refractivity contribution in [3.05, 3.63) is 71.6 Å². The minimum absolute atomic E-state index is 0.0691. The number of hydrogen-bond acceptors (Lipinski definition) is 6. The lowest BCUT2D eigenvalue weighted by atomic mass is 9.99. The van der Waals surface area contributed by atoms with Gasteiger partial charge in [0.15, 0.2) is 0 Å². The third kappa shape index (κ3) is 5.33. The lowest BCUT2D eigenvalue weighted by molar-refractivity contribution is -0.120. The third-order valence-corrected chi connectivity index (χ3v) is 10.3. The zero-order chi connectivity index (χ0) is 24.3. The van der Waals surface area contributed by atoms with E-state index < -0.39 is 26.0 Å². The number of hydrogen-bond donors (Lipinski definition) is 2. The van der Waals surface area contributed by atoms with Gasteiger partial charge in [-0.1, -0.05) is 24.3 Å². The molecular weight excluding hydrogens is 494 g/mol. The minimum atomic E-state index is -3.78. The Kier molecular flexibility index (Phi) is 7.08. The molecule has 0 aliphatic carbocycles. The molecule has 8 nitrogen and oxygen atoms in total. The topological polar surface area (TPSA) is 113 Å². The van der Waals surface area contributed by atoms with E-state index in [9.17, 15) is 21.6 Å². The van der Waals surface area contributed by atoms with Crippen molar-refractivity contribution in [3.8, 4) is 0 Å². The fourth-order valence-electron chi connectivity index (χ4n) is 3.77. The van der Waals surface area contributed by atoms with E-state index in [1.165, 1.54) is 28.6 Å². The molecule has 1 saturated heterocycles. The standard InChI is InChI=1S/C23H25N3O5S3/c1-17-6-2-3-8-21(17)25-33(28,29)20-12-10-19(11-13-20)24-23(27)18-7-4-14-26(16-18)34(30,31)22-9-5-15-32-22/h2-3,5-6,8-13,15,18,25H,4,7,14,16H2,1H3,(H,24,27)/t18-/m1/s1. The average Bonchev–Trinajstić information content (AvgIpc) is 3.37. The van der Waals surface area contributed by atoms with Gasteiger partial charge in [0.05, 0.1) is 16.5 Å². The second-order valence-corrected chi connectivity index (χ2v) is 12.9. The van der Waals surface area contributed by atoms with Crippen molar-refractivity contribution in [2.24, 2.45) is 5.92 Å². The Morgan fingerprint density at radius 2 is 1.74 bits per heavy atom. The summed E-state index contributed by atoms with van der Waals surface area (Å²) < 4.78 is 55.2. The van der Waals surface area contributed by atoms with Gasteiger partial charge in [-0.05, 0) is 67.1 Å². The van der Waals surface area contributed by atoms with E-state index in [1.54, 1.807) is 29.6 Å². The summed E-state index contributed by atoms with van der Waals surface area (Å²) in [5.74, 6) is -0.783. The zero-order valence-electron chi connectivity index (χ0n) is 18.5. The number of amides is 1. The Balaban J connectivity index is 1.41. The largest absolute Gasteiger partial charge is 0.326 e. The maximum Gasteiger partial charge on any atom is 0.261 e. The molecule has 0 bridgehead atoms. The molecule has 1 aromatic heterocycles. The summed E-state index contributed by atoms with van der Waals surface area (Å²) in [6.45, 7) is 2.30. The van der Waals surface area contributed by atoms with Gasteiger partial charge in [0, 0.05) is 18.8 Å². The van der Waals surface area contributed by atoms with Gasteiger partial charge in [-0.3, -0.25) is 9.52 Å². The summed E-state index contributed by atoms with van der Waals surface area (Å²) in [7, 11) is -7.39. The Bertz CT molecular complexity index is 1370. The molecule has 1 fully saturated rings. The summed E-state index contributed by atoms with van der Waals surface area (Å²) in [6, 6.07) is 16.2. The highest BCUT2D eigenvalue weighted by Crippen LogP contribution is 2.27. The van der Waals surface area contributed by atoms with E-state index in [0.29, 0.717) is 30.8 Å². The van der Waals surface area contributed by atoms with Crippen LogP contribution >= 0.6 is 11.3 Å². The van der Waals surface area contributed by atoms with Crippen LogP contribution < -0.4 is 10.0 Å². The summed E-state index contributed by atoms with van der Waals surface area (Å²) in [4.78, 5) is 12.9. The monoisotopic (exact) mass is 519 g/mol. The minimum Gasteiger partial charge on any atom is -0.326 e. The molecule has 1 aliphatic rings. The molecule has 0 spiro atoms. The van der Waals surface area contributed by atoms with Crippen LogP contribution in [-0.4, -0.2) is 40.1 Å². The molecule has 2 aromatic carbocycles. The van der Waals surface area contributed by atoms with E-state index in [0.717, 1.165) is 16.9 Å². The molecule has 4 rings (SSSR count). The molecule has 1 aliphatic heterocycles. The van der Waals surface area contributed by atoms with Gasteiger partial charge in [0.25, 0.3) is 20.0 Å². The number of piperidine rings is 1. The fourth-order valence-corrected chi connectivity index (χ4v) is 7.56. The van der Waals surface area contributed by atoms with Crippen LogP contribution in [0.2, 0.25) is 0 Å². The number of anilines is 2. The van der Waals surface area contributed by atoms with E-state index in [-0.39, 0.29) is 21.6 Å². The Labute approximate surface area is 203 Å². The van der Waals surface area contributed by atoms with Crippen molar-refractivity contribution in [2.75, 3.05) is 23.1 Å². The second kappa shape index (κ2) is 9.87. The number of nitrogens with one attached hydrogen (secondary N) is 2. The van der Waals surface area contributed by atoms with Gasteiger partial charge >= 0.3 is 0 Å². The van der Waals surface area contributed by atoms with Crippen molar-refractivity contribution in [1.29, 1.82) is 0 Å². The molecule has 0 radical (unpaired) electrons. The molecule has 0 unspecified atom stereocenters. The Morgan fingerprint density at radius 3 is 2.41 bits per heavy atom. The van der Waals surface area contributed by atoms with Crippen molar-refractivity contribution in [2.45, 2.75) is 28.9 Å². The first-order valence-electron chi connectivity index (χ1n) is 10.7. The summed E-state index contributed by atoms with van der Waals surface area (Å²) in [5.41, 5.74) is 1.75. The lowest BCUT2D eigenvalue weighted by Gasteiger charge is -2.30. The Hall–Kier alpha value is -2.73. The number of para-hydroxylation sites is 1. The predicted octanol–water partition coefficient (Wildman–Crippen LogP) is 3.90. The molecule has 34 heavy (non-hydrogen) atoms. The van der Waals surface area contributed by atoms with Gasteiger partial charge in [-0.2, -0.15) is 4.31 Å². The first kappa shape index (κ1) is 24.4. The molecular formula is C23H25N3O5S3. The molecule has 2 heterocycles. The SMILES string of the molecule is Cc1ccccc1NS(=O)(=O)c1ccc(NC(=O)[C@@H]2CCCN(S(=O)(=O)c3cccs3)C2)cc1. The zero-order valence-corrected chi connectivity index (χ0v) is 20.9. The van der Waals surface area contributed by atoms with Gasteiger partial charge in [-0.25, -0.2) is 16.8 Å². The molecule has 180 valence electrons. The van der Waals surface area contributed by atoms with Crippen molar-refractivity contribution in [3.63, 3.8) is 0 Å². The summed E-state index contributed by atoms with van der Waals surface area (Å²) >= 11 is 1.16. The van der Waals surface area contributed by atoms with Crippen molar-refractivity contribution >= 4 is 48.7 Å². The van der Waals surface area contributed by atoms with E-state index in [1.807, 2.05) is 19.1 Å². The first-order chi connectivity index (χ1) is 16.2. The van der Waals surface area contributed by atoms with Gasteiger partial charge < -0.3 is 5.32 Å². The van der Waals surface area contributed by atoms with Gasteiger partial charge in [0.1, 0.15) is 4.21 Å². The maximum atomic E-state index is 12.8. The smallest absolute Gasteiger partial charge is 0.261 e. The highest BCUT2D eigenvalue weighted by molar-refractivity contribution is 7.92. The number of carbonyl (C=O) groups is 1. The average molecular weight is 520 g/mol. The van der Waals surface area contributed by atoms with Crippen LogP contribution in [0.1, 0.15) is 18.4 Å². The quantitative estimate of drug-likeness (QED) is 0.492. The molecule has 11 heteroatoms. The molecule has 2 N–H and O–H groups in total.